The van der Waals surface area contributed by atoms with Gasteiger partial charge in [-0.1, -0.05) is 134 Å². The van der Waals surface area contributed by atoms with E-state index in [1.54, 1.807) is 5.57 Å². The highest BCUT2D eigenvalue weighted by Gasteiger charge is 2.27. The monoisotopic (exact) mass is 614 g/mol. The van der Waals surface area contributed by atoms with Gasteiger partial charge < -0.3 is 10.0 Å². The summed E-state index contributed by atoms with van der Waals surface area (Å²) < 4.78 is 0. The van der Waals surface area contributed by atoms with Gasteiger partial charge in [0.1, 0.15) is 6.10 Å². The first kappa shape index (κ1) is 32.5. The van der Waals surface area contributed by atoms with Crippen LogP contribution in [0.2, 0.25) is 0 Å². The normalized spacial score (nSPS) is 16.4. The van der Waals surface area contributed by atoms with E-state index in [1.165, 1.54) is 27.8 Å². The number of nitrogens with zero attached hydrogens (tertiary/aromatic N) is 2. The van der Waals surface area contributed by atoms with Crippen LogP contribution in [-0.4, -0.2) is 29.6 Å². The Labute approximate surface area is 275 Å². The average Bonchev–Trinajstić information content (AvgIpc) is 3.25. The minimum Gasteiger partial charge on any atom is -0.384 e. The second-order valence-electron chi connectivity index (χ2n) is 12.5. The van der Waals surface area contributed by atoms with E-state index in [-0.39, 0.29) is 12.4 Å². The zero-order chi connectivity index (χ0) is 30.4. The summed E-state index contributed by atoms with van der Waals surface area (Å²) in [6.45, 7) is 5.35. The van der Waals surface area contributed by atoms with E-state index in [9.17, 15) is 10.4 Å². The molecule has 1 N–H and O–H groups in total. The Morgan fingerprint density at radius 2 is 1.36 bits per heavy atom. The first-order chi connectivity index (χ1) is 21.6. The molecule has 0 aromatic heterocycles. The van der Waals surface area contributed by atoms with Crippen molar-refractivity contribution in [2.75, 3.05) is 19.6 Å². The molecule has 45 heavy (non-hydrogen) atoms. The van der Waals surface area contributed by atoms with Crippen LogP contribution in [0.1, 0.15) is 90.5 Å². The smallest absolute Gasteiger partial charge is 0.104 e. The molecular formula is C41H43ClN2O. The van der Waals surface area contributed by atoms with Gasteiger partial charge in [0.2, 0.25) is 0 Å². The molecule has 4 aromatic carbocycles. The fraction of sp³-hybridized carbons (Fsp3) is 0.293. The van der Waals surface area contributed by atoms with Gasteiger partial charge in [0, 0.05) is 13.1 Å². The maximum atomic E-state index is 10.9. The number of piperidine rings is 1. The zero-order valence-corrected chi connectivity index (χ0v) is 27.0. The molecule has 0 radical (unpaired) electrons. The minimum atomic E-state index is -0.691. The molecule has 230 valence electrons. The number of hydrogen-bond donors (Lipinski definition) is 1. The Balaban J connectivity index is 0.00000400. The van der Waals surface area contributed by atoms with Crippen molar-refractivity contribution in [2.24, 2.45) is 0 Å². The number of aliphatic hydroxyl groups excluding tert-OH is 1. The van der Waals surface area contributed by atoms with E-state index < -0.39 is 11.5 Å². The molecule has 1 saturated heterocycles. The van der Waals surface area contributed by atoms with Crippen LogP contribution in [0.25, 0.3) is 17.7 Å². The molecule has 2 unspecified atom stereocenters. The molecule has 1 aliphatic carbocycles. The summed E-state index contributed by atoms with van der Waals surface area (Å²) in [5.41, 5.74) is 10.5. The highest BCUT2D eigenvalue weighted by atomic mass is 35.5. The maximum absolute atomic E-state index is 10.9. The minimum absolute atomic E-state index is 0. The predicted molar refractivity (Wildman–Crippen MR) is 189 cm³/mol. The van der Waals surface area contributed by atoms with Crippen molar-refractivity contribution >= 4 is 30.1 Å². The Kier molecular flexibility index (Phi) is 10.7. The van der Waals surface area contributed by atoms with Gasteiger partial charge in [-0.15, -0.1) is 12.4 Å². The summed E-state index contributed by atoms with van der Waals surface area (Å²) in [5.74, 6) is 0. The third kappa shape index (κ3) is 7.32. The second kappa shape index (κ2) is 14.9. The SMILES string of the molecule is CC(C#N)(CCCCCN1CCC(=C2c3ccccc3C=Cc3ccccc32)CC1)c1cccc(C(O)c2ccccc2)c1.Cl. The number of nitriles is 1. The molecule has 3 nitrogen and oxygen atoms in total. The number of unbranched alkanes of at least 4 members (excludes halogenated alkanes) is 2. The van der Waals surface area contributed by atoms with E-state index in [1.807, 2.05) is 61.5 Å². The fourth-order valence-corrected chi connectivity index (χ4v) is 6.88. The van der Waals surface area contributed by atoms with Crippen LogP contribution in [0.15, 0.2) is 109 Å². The number of likely N-dealkylation sites (tertiary alicyclic amines) is 1. The van der Waals surface area contributed by atoms with Gasteiger partial charge in [0.25, 0.3) is 0 Å². The van der Waals surface area contributed by atoms with Gasteiger partial charge in [-0.2, -0.15) is 5.26 Å². The lowest BCUT2D eigenvalue weighted by atomic mass is 9.78. The van der Waals surface area contributed by atoms with Crippen LogP contribution in [0, 0.1) is 11.3 Å². The standard InChI is InChI=1S/C41H42N2O.ClH/c1-41(30-42,36-18-12-17-35(29-36)40(44)34-15-4-2-5-16-34)25-10-3-11-26-43-27-23-33(24-28-43)39-37-19-8-6-13-31(37)21-22-32-14-7-9-20-38(32)39;/h2,4-9,12-22,29,40,44H,3,10-11,23-28H2,1H3;1H. The van der Waals surface area contributed by atoms with E-state index in [2.05, 4.69) is 71.7 Å². The van der Waals surface area contributed by atoms with Crippen molar-refractivity contribution in [3.63, 3.8) is 0 Å². The number of aliphatic hydroxyl groups is 1. The van der Waals surface area contributed by atoms with Gasteiger partial charge >= 0.3 is 0 Å². The average molecular weight is 615 g/mol. The second-order valence-corrected chi connectivity index (χ2v) is 12.5. The molecule has 1 fully saturated rings. The van der Waals surface area contributed by atoms with Crippen LogP contribution in [0.3, 0.4) is 0 Å². The van der Waals surface area contributed by atoms with Crippen molar-refractivity contribution in [3.05, 3.63) is 148 Å². The lowest BCUT2D eigenvalue weighted by molar-refractivity contribution is 0.220. The summed E-state index contributed by atoms with van der Waals surface area (Å²) >= 11 is 0. The molecule has 4 heteroatoms. The third-order valence-electron chi connectivity index (χ3n) is 9.57. The number of fused-ring (bicyclic) bond motifs is 2. The van der Waals surface area contributed by atoms with E-state index in [0.717, 1.165) is 74.8 Å². The van der Waals surface area contributed by atoms with Crippen LogP contribution < -0.4 is 0 Å². The lowest BCUT2D eigenvalue weighted by Crippen LogP contribution is -2.32. The number of benzene rings is 4. The molecule has 2 atom stereocenters. The molecule has 0 saturated carbocycles. The van der Waals surface area contributed by atoms with Crippen molar-refractivity contribution in [2.45, 2.75) is 57.0 Å². The van der Waals surface area contributed by atoms with Gasteiger partial charge in [0.05, 0.1) is 11.5 Å². The van der Waals surface area contributed by atoms with Gasteiger partial charge in [-0.3, -0.25) is 0 Å². The van der Waals surface area contributed by atoms with Gasteiger partial charge in [-0.25, -0.2) is 0 Å². The van der Waals surface area contributed by atoms with Crippen molar-refractivity contribution < 1.29 is 5.11 Å². The lowest BCUT2D eigenvalue weighted by Gasteiger charge is -2.30. The van der Waals surface area contributed by atoms with Crippen LogP contribution in [0.4, 0.5) is 0 Å². The first-order valence-electron chi connectivity index (χ1n) is 16.1. The molecule has 0 amide bonds. The fourth-order valence-electron chi connectivity index (χ4n) is 6.88. The molecule has 1 aliphatic heterocycles. The molecule has 6 rings (SSSR count). The van der Waals surface area contributed by atoms with E-state index in [0.29, 0.717) is 0 Å². The van der Waals surface area contributed by atoms with E-state index in [4.69, 9.17) is 0 Å². The Morgan fingerprint density at radius 1 is 0.756 bits per heavy atom. The summed E-state index contributed by atoms with van der Waals surface area (Å²) in [7, 11) is 0. The Morgan fingerprint density at radius 3 is 2.00 bits per heavy atom. The van der Waals surface area contributed by atoms with Crippen LogP contribution in [-0.2, 0) is 5.41 Å². The molecule has 0 bridgehead atoms. The largest absolute Gasteiger partial charge is 0.384 e. The summed E-state index contributed by atoms with van der Waals surface area (Å²) in [4.78, 5) is 2.62. The topological polar surface area (TPSA) is 47.3 Å². The highest BCUT2D eigenvalue weighted by molar-refractivity contribution is 5.94. The van der Waals surface area contributed by atoms with Gasteiger partial charge in [-0.05, 0) is 83.7 Å². The number of hydrogen-bond acceptors (Lipinski definition) is 3. The first-order valence-corrected chi connectivity index (χ1v) is 16.1. The van der Waals surface area contributed by atoms with Crippen molar-refractivity contribution in [3.8, 4) is 6.07 Å². The maximum Gasteiger partial charge on any atom is 0.104 e. The number of halogens is 1. The highest BCUT2D eigenvalue weighted by Crippen LogP contribution is 2.39. The quantitative estimate of drug-likeness (QED) is 0.168. The van der Waals surface area contributed by atoms with Crippen LogP contribution in [0.5, 0.6) is 0 Å². The summed E-state index contributed by atoms with van der Waals surface area (Å²) in [6, 6.07) is 37.9. The van der Waals surface area contributed by atoms with Crippen LogP contribution >= 0.6 is 12.4 Å². The third-order valence-corrected chi connectivity index (χ3v) is 9.57. The Hall–Kier alpha value is -3.94. The molecule has 2 aliphatic rings. The molecular weight excluding hydrogens is 572 g/mol. The Bertz CT molecular complexity index is 1640. The summed E-state index contributed by atoms with van der Waals surface area (Å²) in [6.07, 6.45) is 10.1. The van der Waals surface area contributed by atoms with Gasteiger partial charge in [0.15, 0.2) is 0 Å². The van der Waals surface area contributed by atoms with Crippen molar-refractivity contribution in [1.29, 1.82) is 5.26 Å². The van der Waals surface area contributed by atoms with E-state index >= 15 is 0 Å². The molecule has 1 heterocycles. The molecule has 0 spiro atoms. The summed E-state index contributed by atoms with van der Waals surface area (Å²) in [5, 5.41) is 21.1. The number of rotatable bonds is 9. The molecule has 4 aromatic rings. The zero-order valence-electron chi connectivity index (χ0n) is 26.2. The predicted octanol–water partition coefficient (Wildman–Crippen LogP) is 9.61. The van der Waals surface area contributed by atoms with Crippen molar-refractivity contribution in [1.82, 2.24) is 4.90 Å².